The second-order valence-electron chi connectivity index (χ2n) is 7.42. The zero-order chi connectivity index (χ0) is 19.6. The second kappa shape index (κ2) is 16.6. The first kappa shape index (κ1) is 23.5. The number of unbranched alkanes of at least 4 members (excludes halogenated alkanes) is 12. The number of hydrogen-bond acceptors (Lipinski definition) is 3. The number of phenols is 1. The van der Waals surface area contributed by atoms with Gasteiger partial charge >= 0.3 is 5.97 Å². The van der Waals surface area contributed by atoms with E-state index in [0.29, 0.717) is 18.8 Å². The molecule has 1 aromatic carbocycles. The third-order valence-electron chi connectivity index (χ3n) is 4.93. The molecule has 27 heavy (non-hydrogen) atoms. The number of carboxylic acids is 1. The van der Waals surface area contributed by atoms with E-state index < -0.39 is 5.97 Å². The Kier molecular flexibility index (Phi) is 14.5. The van der Waals surface area contributed by atoms with Crippen LogP contribution in [-0.4, -0.2) is 22.8 Å². The minimum Gasteiger partial charge on any atom is -0.508 e. The van der Waals surface area contributed by atoms with E-state index >= 15 is 0 Å². The van der Waals surface area contributed by atoms with Crippen molar-refractivity contribution >= 4 is 5.97 Å². The van der Waals surface area contributed by atoms with Gasteiger partial charge in [-0.25, -0.2) is 0 Å². The highest BCUT2D eigenvalue weighted by atomic mass is 16.5. The van der Waals surface area contributed by atoms with Crippen LogP contribution in [0, 0.1) is 0 Å². The van der Waals surface area contributed by atoms with E-state index in [1.807, 2.05) is 18.2 Å². The molecular formula is C23H38O4. The fraction of sp³-hybridized carbons (Fsp3) is 0.696. The van der Waals surface area contributed by atoms with Crippen molar-refractivity contribution in [3.63, 3.8) is 0 Å². The number of rotatable bonds is 18. The van der Waals surface area contributed by atoms with E-state index in [4.69, 9.17) is 9.84 Å². The highest BCUT2D eigenvalue weighted by Crippen LogP contribution is 2.17. The Morgan fingerprint density at radius 3 is 1.74 bits per heavy atom. The normalized spacial score (nSPS) is 11.0. The largest absolute Gasteiger partial charge is 0.508 e. The lowest BCUT2D eigenvalue weighted by atomic mass is 10.0. The van der Waals surface area contributed by atoms with Crippen LogP contribution in [0.25, 0.3) is 0 Å². The molecule has 0 heterocycles. The number of benzene rings is 1. The molecule has 0 unspecified atom stereocenters. The standard InChI is InChI=1S/C23H38O4/c24-22-17-14-13-16-21(22)20-27-19-15-11-9-7-5-3-1-2-4-6-8-10-12-18-23(25)26/h13-14,16-17,24H,1-12,15,18-20H2,(H,25,26). The molecule has 0 bridgehead atoms. The number of ether oxygens (including phenoxy) is 1. The molecule has 0 fully saturated rings. The van der Waals surface area contributed by atoms with E-state index in [-0.39, 0.29) is 0 Å². The van der Waals surface area contributed by atoms with Crippen molar-refractivity contribution in [2.45, 2.75) is 96.5 Å². The summed E-state index contributed by atoms with van der Waals surface area (Å²) in [6.07, 6.45) is 16.2. The van der Waals surface area contributed by atoms with Gasteiger partial charge in [0, 0.05) is 18.6 Å². The molecule has 0 radical (unpaired) electrons. The van der Waals surface area contributed by atoms with Gasteiger partial charge in [-0.1, -0.05) is 88.8 Å². The molecule has 4 nitrogen and oxygen atoms in total. The van der Waals surface area contributed by atoms with Gasteiger partial charge in [0.1, 0.15) is 5.75 Å². The van der Waals surface area contributed by atoms with Crippen LogP contribution in [0.5, 0.6) is 5.75 Å². The lowest BCUT2D eigenvalue weighted by molar-refractivity contribution is -0.137. The van der Waals surface area contributed by atoms with Gasteiger partial charge in [-0.05, 0) is 18.9 Å². The number of phenolic OH excluding ortho intramolecular Hbond substituents is 1. The molecular weight excluding hydrogens is 340 g/mol. The summed E-state index contributed by atoms with van der Waals surface area (Å²) in [4.78, 5) is 10.4. The summed E-state index contributed by atoms with van der Waals surface area (Å²) in [6.45, 7) is 1.26. The van der Waals surface area contributed by atoms with Gasteiger partial charge < -0.3 is 14.9 Å². The van der Waals surface area contributed by atoms with E-state index in [0.717, 1.165) is 31.4 Å². The van der Waals surface area contributed by atoms with E-state index in [2.05, 4.69) is 0 Å². The molecule has 0 aliphatic heterocycles. The zero-order valence-corrected chi connectivity index (χ0v) is 16.8. The molecule has 1 aromatic rings. The summed E-state index contributed by atoms with van der Waals surface area (Å²) in [7, 11) is 0. The predicted octanol–water partition coefficient (Wildman–Crippen LogP) is 6.45. The average Bonchev–Trinajstić information content (AvgIpc) is 2.65. The fourth-order valence-corrected chi connectivity index (χ4v) is 3.24. The number of hydrogen-bond donors (Lipinski definition) is 2. The number of para-hydroxylation sites is 1. The van der Waals surface area contributed by atoms with E-state index in [1.165, 1.54) is 64.2 Å². The van der Waals surface area contributed by atoms with E-state index in [9.17, 15) is 9.90 Å². The van der Waals surface area contributed by atoms with Gasteiger partial charge in [-0.15, -0.1) is 0 Å². The highest BCUT2D eigenvalue weighted by molar-refractivity contribution is 5.66. The van der Waals surface area contributed by atoms with Crippen molar-refractivity contribution in [2.75, 3.05) is 6.61 Å². The summed E-state index contributed by atoms with van der Waals surface area (Å²) in [5.41, 5.74) is 0.859. The summed E-state index contributed by atoms with van der Waals surface area (Å²) in [6, 6.07) is 7.33. The van der Waals surface area contributed by atoms with E-state index in [1.54, 1.807) is 6.07 Å². The molecule has 0 saturated heterocycles. The topological polar surface area (TPSA) is 66.8 Å². The van der Waals surface area contributed by atoms with Gasteiger partial charge in [0.2, 0.25) is 0 Å². The quantitative estimate of drug-likeness (QED) is 0.288. The van der Waals surface area contributed by atoms with Crippen LogP contribution in [0.4, 0.5) is 0 Å². The molecule has 0 aromatic heterocycles. The van der Waals surface area contributed by atoms with Crippen molar-refractivity contribution in [2.24, 2.45) is 0 Å². The molecule has 0 aliphatic carbocycles. The first-order chi connectivity index (χ1) is 13.2. The van der Waals surface area contributed by atoms with Gasteiger partial charge in [-0.3, -0.25) is 4.79 Å². The minimum absolute atomic E-state index is 0.315. The molecule has 2 N–H and O–H groups in total. The van der Waals surface area contributed by atoms with Crippen molar-refractivity contribution in [1.82, 2.24) is 0 Å². The number of aliphatic carboxylic acids is 1. The molecule has 0 saturated carbocycles. The third kappa shape index (κ3) is 14.2. The smallest absolute Gasteiger partial charge is 0.303 e. The van der Waals surface area contributed by atoms with Gasteiger partial charge in [0.25, 0.3) is 0 Å². The fourth-order valence-electron chi connectivity index (χ4n) is 3.24. The Balaban J connectivity index is 1.74. The Hall–Kier alpha value is -1.55. The maximum Gasteiger partial charge on any atom is 0.303 e. The van der Waals surface area contributed by atoms with Gasteiger partial charge in [-0.2, -0.15) is 0 Å². The number of carbonyl (C=O) groups is 1. The van der Waals surface area contributed by atoms with Crippen LogP contribution in [0.1, 0.15) is 95.5 Å². The molecule has 0 spiro atoms. The van der Waals surface area contributed by atoms with Gasteiger partial charge in [0.15, 0.2) is 0 Å². The minimum atomic E-state index is -0.671. The SMILES string of the molecule is O=C(O)CCCCCCCCCCCCCCCOCc1ccccc1O. The monoisotopic (exact) mass is 378 g/mol. The predicted molar refractivity (Wildman–Crippen MR) is 110 cm³/mol. The molecule has 0 atom stereocenters. The van der Waals surface area contributed by atoms with Crippen molar-refractivity contribution < 1.29 is 19.7 Å². The summed E-state index contributed by atoms with van der Waals surface area (Å²) in [5, 5.41) is 18.2. The van der Waals surface area contributed by atoms with Gasteiger partial charge in [0.05, 0.1) is 6.61 Å². The lowest BCUT2D eigenvalue weighted by Crippen LogP contribution is -1.96. The first-order valence-corrected chi connectivity index (χ1v) is 10.8. The Morgan fingerprint density at radius 2 is 1.22 bits per heavy atom. The second-order valence-corrected chi connectivity index (χ2v) is 7.42. The number of aromatic hydroxyl groups is 1. The first-order valence-electron chi connectivity index (χ1n) is 10.8. The Bertz CT molecular complexity index is 487. The Labute approximate surface area is 164 Å². The van der Waals surface area contributed by atoms with Crippen molar-refractivity contribution in [3.8, 4) is 5.75 Å². The van der Waals surface area contributed by atoms with Crippen LogP contribution in [0.3, 0.4) is 0 Å². The van der Waals surface area contributed by atoms with Crippen LogP contribution >= 0.6 is 0 Å². The van der Waals surface area contributed by atoms with Crippen LogP contribution < -0.4 is 0 Å². The average molecular weight is 379 g/mol. The van der Waals surface area contributed by atoms with Crippen molar-refractivity contribution in [3.05, 3.63) is 29.8 Å². The maximum absolute atomic E-state index is 10.4. The third-order valence-corrected chi connectivity index (χ3v) is 4.93. The van der Waals surface area contributed by atoms with Crippen LogP contribution in [0.2, 0.25) is 0 Å². The summed E-state index contributed by atoms with van der Waals surface area (Å²) in [5.74, 6) is -0.356. The maximum atomic E-state index is 10.4. The molecule has 0 aliphatic rings. The highest BCUT2D eigenvalue weighted by Gasteiger charge is 1.99. The summed E-state index contributed by atoms with van der Waals surface area (Å²) >= 11 is 0. The molecule has 154 valence electrons. The Morgan fingerprint density at radius 1 is 0.741 bits per heavy atom. The number of carboxylic acid groups (broad SMARTS) is 1. The molecule has 0 amide bonds. The lowest BCUT2D eigenvalue weighted by Gasteiger charge is -2.06. The molecule has 1 rings (SSSR count). The summed E-state index contributed by atoms with van der Waals surface area (Å²) < 4.78 is 5.63. The molecule has 4 heteroatoms. The van der Waals surface area contributed by atoms with Crippen molar-refractivity contribution in [1.29, 1.82) is 0 Å². The zero-order valence-electron chi connectivity index (χ0n) is 16.8. The van der Waals surface area contributed by atoms with Crippen LogP contribution in [0.15, 0.2) is 24.3 Å². The van der Waals surface area contributed by atoms with Crippen LogP contribution in [-0.2, 0) is 16.1 Å².